The number of likely N-dealkylation sites (tertiary alicyclic amines) is 1. The minimum absolute atomic E-state index is 0. The van der Waals surface area contributed by atoms with Gasteiger partial charge in [-0.3, -0.25) is 4.99 Å². The number of nitrogens with one attached hydrogen (secondary N) is 1. The van der Waals surface area contributed by atoms with Gasteiger partial charge in [0, 0.05) is 26.2 Å². The van der Waals surface area contributed by atoms with Gasteiger partial charge in [-0.2, -0.15) is 0 Å². The summed E-state index contributed by atoms with van der Waals surface area (Å²) in [4.78, 5) is 17.6. The van der Waals surface area contributed by atoms with E-state index in [2.05, 4.69) is 10.3 Å². The first-order valence-corrected chi connectivity index (χ1v) is 7.41. The smallest absolute Gasteiger partial charge is 0.409 e. The molecule has 0 spiro atoms. The fourth-order valence-electron chi connectivity index (χ4n) is 2.02. The van der Waals surface area contributed by atoms with E-state index in [-0.39, 0.29) is 41.7 Å². The van der Waals surface area contributed by atoms with Crippen LogP contribution in [0.3, 0.4) is 0 Å². The van der Waals surface area contributed by atoms with Crippen LogP contribution in [0.15, 0.2) is 4.99 Å². The van der Waals surface area contributed by atoms with Crippen molar-refractivity contribution in [3.63, 3.8) is 0 Å². The number of carbonyl (C=O) groups is 1. The normalized spacial score (nSPS) is 16.9. The second-order valence-corrected chi connectivity index (χ2v) is 5.77. The molecule has 130 valence electrons. The number of amides is 1. The van der Waals surface area contributed by atoms with Gasteiger partial charge in [-0.25, -0.2) is 4.79 Å². The van der Waals surface area contributed by atoms with Crippen LogP contribution < -0.4 is 11.1 Å². The van der Waals surface area contributed by atoms with Gasteiger partial charge in [0.25, 0.3) is 0 Å². The largest absolute Gasteiger partial charge is 0.450 e. The number of nitrogens with two attached hydrogens (primary N) is 1. The number of ether oxygens (including phenoxy) is 2. The number of aliphatic imine (C=N–C) groups is 1. The van der Waals surface area contributed by atoms with Gasteiger partial charge in [0.1, 0.15) is 0 Å². The first-order valence-electron chi connectivity index (χ1n) is 7.41. The number of guanidine groups is 1. The molecule has 1 rings (SSSR count). The molecule has 1 aliphatic heterocycles. The van der Waals surface area contributed by atoms with Gasteiger partial charge in [-0.05, 0) is 33.6 Å². The molecule has 7 nitrogen and oxygen atoms in total. The molecule has 0 aromatic heterocycles. The van der Waals surface area contributed by atoms with Crippen LogP contribution in [0.2, 0.25) is 0 Å². The van der Waals surface area contributed by atoms with Crippen molar-refractivity contribution >= 4 is 36.0 Å². The molecular formula is C14H29IN4O3. The summed E-state index contributed by atoms with van der Waals surface area (Å²) in [5, 5.41) is 3.20. The van der Waals surface area contributed by atoms with Crippen LogP contribution in [0.5, 0.6) is 0 Å². The van der Waals surface area contributed by atoms with Crippen LogP contribution >= 0.6 is 24.0 Å². The molecule has 1 fully saturated rings. The third kappa shape index (κ3) is 7.48. The lowest BCUT2D eigenvalue weighted by Crippen LogP contribution is -2.48. The van der Waals surface area contributed by atoms with Gasteiger partial charge in [0.2, 0.25) is 0 Å². The highest BCUT2D eigenvalue weighted by Gasteiger charge is 2.24. The Hall–Kier alpha value is -0.770. The number of hydrogen-bond acceptors (Lipinski definition) is 4. The number of piperidine rings is 1. The number of halogens is 1. The standard InChI is InChI=1S/C14H28N4O3.HI/c1-5-21-13(19)18-8-6-11(7-9-18)17-12(15)16-10-14(2,3)20-4;/h11H,5-10H2,1-4H3,(H3,15,16,17);1H. The molecule has 0 bridgehead atoms. The van der Waals surface area contributed by atoms with Crippen LogP contribution in [0.1, 0.15) is 33.6 Å². The molecule has 0 unspecified atom stereocenters. The van der Waals surface area contributed by atoms with Gasteiger partial charge in [0.05, 0.1) is 18.8 Å². The quantitative estimate of drug-likeness (QED) is 0.394. The van der Waals surface area contributed by atoms with Crippen LogP contribution in [0.4, 0.5) is 4.79 Å². The Balaban J connectivity index is 0.00000441. The zero-order chi connectivity index (χ0) is 15.9. The molecular weight excluding hydrogens is 399 g/mol. The van der Waals surface area contributed by atoms with Crippen LogP contribution in [-0.4, -0.2) is 61.9 Å². The highest BCUT2D eigenvalue weighted by atomic mass is 127. The summed E-state index contributed by atoms with van der Waals surface area (Å²) in [6.45, 7) is 7.99. The van der Waals surface area contributed by atoms with E-state index >= 15 is 0 Å². The van der Waals surface area contributed by atoms with Gasteiger partial charge >= 0.3 is 6.09 Å². The third-order valence-corrected chi connectivity index (χ3v) is 3.56. The second kappa shape index (κ2) is 10.1. The monoisotopic (exact) mass is 428 g/mol. The van der Waals surface area contributed by atoms with Gasteiger partial charge < -0.3 is 25.4 Å². The predicted octanol–water partition coefficient (Wildman–Crippen LogP) is 1.55. The van der Waals surface area contributed by atoms with Gasteiger partial charge in [0.15, 0.2) is 5.96 Å². The van der Waals surface area contributed by atoms with Gasteiger partial charge in [-0.1, -0.05) is 0 Å². The summed E-state index contributed by atoms with van der Waals surface area (Å²) in [7, 11) is 1.66. The summed E-state index contributed by atoms with van der Waals surface area (Å²) < 4.78 is 10.3. The Kier molecular flexibility index (Phi) is 9.74. The molecule has 8 heteroatoms. The first-order chi connectivity index (χ1) is 9.88. The van der Waals surface area contributed by atoms with E-state index in [1.165, 1.54) is 0 Å². The highest BCUT2D eigenvalue weighted by molar-refractivity contribution is 14.0. The van der Waals surface area contributed by atoms with E-state index in [4.69, 9.17) is 15.2 Å². The van der Waals surface area contributed by atoms with Gasteiger partial charge in [-0.15, -0.1) is 24.0 Å². The van der Waals surface area contributed by atoms with E-state index in [0.29, 0.717) is 32.2 Å². The topological polar surface area (TPSA) is 89.2 Å². The molecule has 0 aromatic rings. The van der Waals surface area contributed by atoms with Crippen LogP contribution in [0.25, 0.3) is 0 Å². The van der Waals surface area contributed by atoms with E-state index in [9.17, 15) is 4.79 Å². The molecule has 0 aliphatic carbocycles. The molecule has 3 N–H and O–H groups in total. The van der Waals surface area contributed by atoms with Crippen molar-refractivity contribution < 1.29 is 14.3 Å². The van der Waals surface area contributed by atoms with Crippen molar-refractivity contribution in [2.45, 2.75) is 45.3 Å². The van der Waals surface area contributed by atoms with Crippen LogP contribution in [0, 0.1) is 0 Å². The molecule has 1 heterocycles. The van der Waals surface area contributed by atoms with Crippen molar-refractivity contribution in [3.8, 4) is 0 Å². The molecule has 0 radical (unpaired) electrons. The van der Waals surface area contributed by atoms with Crippen molar-refractivity contribution in [3.05, 3.63) is 0 Å². The molecule has 0 aromatic carbocycles. The minimum Gasteiger partial charge on any atom is -0.450 e. The average Bonchev–Trinajstić information content (AvgIpc) is 2.46. The number of carbonyl (C=O) groups excluding carboxylic acids is 1. The van der Waals surface area contributed by atoms with Crippen molar-refractivity contribution in [1.29, 1.82) is 0 Å². The maximum absolute atomic E-state index is 11.6. The average molecular weight is 428 g/mol. The Morgan fingerprint density at radius 3 is 2.50 bits per heavy atom. The zero-order valence-electron chi connectivity index (χ0n) is 13.9. The number of nitrogens with zero attached hydrogens (tertiary/aromatic N) is 2. The summed E-state index contributed by atoms with van der Waals surface area (Å²) in [5.74, 6) is 0.426. The fourth-order valence-corrected chi connectivity index (χ4v) is 2.02. The molecule has 1 saturated heterocycles. The molecule has 1 aliphatic rings. The number of rotatable bonds is 5. The molecule has 22 heavy (non-hydrogen) atoms. The summed E-state index contributed by atoms with van der Waals surface area (Å²) in [5.41, 5.74) is 5.57. The SMILES string of the molecule is CCOC(=O)N1CCC(NC(N)=NCC(C)(C)OC)CC1.I. The van der Waals surface area contributed by atoms with E-state index in [1.54, 1.807) is 12.0 Å². The Morgan fingerprint density at radius 2 is 2.00 bits per heavy atom. The fraction of sp³-hybridized carbons (Fsp3) is 0.857. The molecule has 1 amide bonds. The second-order valence-electron chi connectivity index (χ2n) is 5.77. The van der Waals surface area contributed by atoms with Crippen molar-refractivity contribution in [1.82, 2.24) is 10.2 Å². The molecule has 0 atom stereocenters. The Labute approximate surface area is 150 Å². The lowest BCUT2D eigenvalue weighted by molar-refractivity contribution is 0.0310. The van der Waals surface area contributed by atoms with E-state index in [0.717, 1.165) is 12.8 Å². The van der Waals surface area contributed by atoms with E-state index in [1.807, 2.05) is 20.8 Å². The third-order valence-electron chi connectivity index (χ3n) is 3.56. The highest BCUT2D eigenvalue weighted by Crippen LogP contribution is 2.11. The summed E-state index contributed by atoms with van der Waals surface area (Å²) in [6.07, 6.45) is 1.44. The Bertz CT molecular complexity index is 369. The summed E-state index contributed by atoms with van der Waals surface area (Å²) in [6, 6.07) is 0.241. The lowest BCUT2D eigenvalue weighted by Gasteiger charge is -2.32. The van der Waals surface area contributed by atoms with E-state index < -0.39 is 0 Å². The minimum atomic E-state index is -0.320. The number of hydrogen-bond donors (Lipinski definition) is 2. The zero-order valence-corrected chi connectivity index (χ0v) is 16.3. The maximum Gasteiger partial charge on any atom is 0.409 e. The van der Waals surface area contributed by atoms with Crippen LogP contribution in [-0.2, 0) is 9.47 Å². The predicted molar refractivity (Wildman–Crippen MR) is 97.7 cm³/mol. The number of methoxy groups -OCH3 is 1. The molecule has 0 saturated carbocycles. The van der Waals surface area contributed by atoms with Crippen molar-refractivity contribution in [2.24, 2.45) is 10.7 Å². The summed E-state index contributed by atoms with van der Waals surface area (Å²) >= 11 is 0. The lowest BCUT2D eigenvalue weighted by atomic mass is 10.1. The first kappa shape index (κ1) is 21.2. The Morgan fingerprint density at radius 1 is 1.41 bits per heavy atom. The van der Waals surface area contributed by atoms with Crippen molar-refractivity contribution in [2.75, 3.05) is 33.4 Å². The maximum atomic E-state index is 11.6.